The molecule has 0 saturated heterocycles. The number of aliphatic imine (C=N–C) groups is 1. The number of aromatic hydroxyl groups is 1. The second-order valence-electron chi connectivity index (χ2n) is 7.83. The van der Waals surface area contributed by atoms with E-state index in [-0.39, 0.29) is 11.8 Å². The number of carbonyl (C=O) groups excluding carboxylic acids is 1. The van der Waals surface area contributed by atoms with Crippen molar-refractivity contribution in [1.29, 1.82) is 0 Å². The van der Waals surface area contributed by atoms with Crippen LogP contribution in [-0.4, -0.2) is 21.7 Å². The first kappa shape index (κ1) is 18.2. The predicted molar refractivity (Wildman–Crippen MR) is 113 cm³/mol. The molecule has 0 radical (unpaired) electrons. The summed E-state index contributed by atoms with van der Waals surface area (Å²) in [6.07, 6.45) is 0. The molecule has 0 spiro atoms. The highest BCUT2D eigenvalue weighted by atomic mass is 16.3. The number of H-pyrrole nitrogens is 1. The third-order valence-corrected chi connectivity index (χ3v) is 6.06. The van der Waals surface area contributed by atoms with Gasteiger partial charge in [0.25, 0.3) is 5.91 Å². The van der Waals surface area contributed by atoms with Crippen LogP contribution in [0.2, 0.25) is 0 Å². The second kappa shape index (κ2) is 6.20. The average Bonchev–Trinajstić information content (AvgIpc) is 3.15. The molecule has 2 heterocycles. The van der Waals surface area contributed by atoms with Gasteiger partial charge in [0.15, 0.2) is 5.88 Å². The Morgan fingerprint density at radius 3 is 1.71 bits per heavy atom. The molecule has 142 valence electrons. The number of nitrogens with zero attached hydrogens (tertiary/aromatic N) is 1. The van der Waals surface area contributed by atoms with Crippen LogP contribution < -0.4 is 0 Å². The highest BCUT2D eigenvalue weighted by Gasteiger charge is 2.33. The monoisotopic (exact) mass is 372 g/mol. The average molecular weight is 372 g/mol. The number of hydrogen-bond donors (Lipinski definition) is 2. The first-order valence-electron chi connectivity index (χ1n) is 9.43. The van der Waals surface area contributed by atoms with Crippen LogP contribution in [0.5, 0.6) is 5.88 Å². The number of hydrogen-bond acceptors (Lipinski definition) is 2. The zero-order valence-electron chi connectivity index (χ0n) is 17.1. The van der Waals surface area contributed by atoms with Crippen LogP contribution in [0.4, 0.5) is 0 Å². The Morgan fingerprint density at radius 1 is 0.750 bits per heavy atom. The fourth-order valence-electron chi connectivity index (χ4n) is 3.92. The van der Waals surface area contributed by atoms with Crippen molar-refractivity contribution in [3.63, 3.8) is 0 Å². The van der Waals surface area contributed by atoms with Crippen LogP contribution in [-0.2, 0) is 0 Å². The van der Waals surface area contributed by atoms with Gasteiger partial charge in [-0.3, -0.25) is 4.79 Å². The van der Waals surface area contributed by atoms with Gasteiger partial charge >= 0.3 is 0 Å². The minimum Gasteiger partial charge on any atom is -0.494 e. The minimum absolute atomic E-state index is 0.0126. The number of aryl methyl sites for hydroxylation is 4. The van der Waals surface area contributed by atoms with Crippen molar-refractivity contribution in [2.45, 2.75) is 41.5 Å². The Bertz CT molecular complexity index is 1150. The van der Waals surface area contributed by atoms with E-state index in [1.54, 1.807) is 0 Å². The minimum atomic E-state index is -0.316. The first-order chi connectivity index (χ1) is 13.2. The van der Waals surface area contributed by atoms with E-state index >= 15 is 0 Å². The molecule has 0 saturated carbocycles. The summed E-state index contributed by atoms with van der Waals surface area (Å²) in [5.74, 6) is -0.329. The van der Waals surface area contributed by atoms with Crippen molar-refractivity contribution in [2.75, 3.05) is 0 Å². The molecule has 28 heavy (non-hydrogen) atoms. The van der Waals surface area contributed by atoms with Gasteiger partial charge in [0, 0.05) is 5.56 Å². The summed E-state index contributed by atoms with van der Waals surface area (Å²) in [6.45, 7) is 12.4. The largest absolute Gasteiger partial charge is 0.494 e. The van der Waals surface area contributed by atoms with E-state index in [4.69, 9.17) is 0 Å². The van der Waals surface area contributed by atoms with Gasteiger partial charge in [-0.15, -0.1) is 0 Å². The van der Waals surface area contributed by atoms with E-state index in [1.807, 2.05) is 38.1 Å². The van der Waals surface area contributed by atoms with Crippen molar-refractivity contribution >= 4 is 11.6 Å². The highest BCUT2D eigenvalue weighted by molar-refractivity contribution is 6.30. The lowest BCUT2D eigenvalue weighted by atomic mass is 9.94. The highest BCUT2D eigenvalue weighted by Crippen LogP contribution is 2.39. The Morgan fingerprint density at radius 2 is 1.21 bits per heavy atom. The normalized spacial score (nSPS) is 13.1. The van der Waals surface area contributed by atoms with E-state index in [0.29, 0.717) is 22.5 Å². The van der Waals surface area contributed by atoms with Gasteiger partial charge in [-0.1, -0.05) is 0 Å². The van der Waals surface area contributed by atoms with Crippen LogP contribution in [0, 0.1) is 41.5 Å². The van der Waals surface area contributed by atoms with E-state index in [0.717, 1.165) is 33.4 Å². The Kier molecular flexibility index (Phi) is 4.03. The number of nitrogens with one attached hydrogen (secondary N) is 1. The molecule has 2 N–H and O–H groups in total. The Balaban J connectivity index is 1.91. The predicted octanol–water partition coefficient (Wildman–Crippen LogP) is 5.23. The maximum atomic E-state index is 12.8. The molecule has 1 aromatic heterocycles. The van der Waals surface area contributed by atoms with Gasteiger partial charge in [0.05, 0.1) is 22.5 Å². The van der Waals surface area contributed by atoms with Gasteiger partial charge in [-0.2, -0.15) is 0 Å². The maximum Gasteiger partial charge on any atom is 0.280 e. The second-order valence-corrected chi connectivity index (χ2v) is 7.83. The van der Waals surface area contributed by atoms with Crippen LogP contribution in [0.1, 0.15) is 54.9 Å². The first-order valence-corrected chi connectivity index (χ1v) is 9.43. The summed E-state index contributed by atoms with van der Waals surface area (Å²) in [5.41, 5.74) is 10.9. The lowest BCUT2D eigenvalue weighted by molar-refractivity contribution is 0.101. The van der Waals surface area contributed by atoms with Crippen molar-refractivity contribution in [2.24, 2.45) is 4.99 Å². The Labute approximate surface area is 165 Å². The molecule has 0 aliphatic carbocycles. The quantitative estimate of drug-likeness (QED) is 0.647. The maximum absolute atomic E-state index is 12.8. The third-order valence-electron chi connectivity index (χ3n) is 6.06. The summed E-state index contributed by atoms with van der Waals surface area (Å²) in [4.78, 5) is 20.1. The standard InChI is InChI=1S/C24H24N2O2/c1-11-7-17(8-12(2)15(11)5)21-19-20(24(28)25-21)22(26-23(19)27)18-9-13(3)16(6)14(4)10-18/h7-10,25,28H,1-6H3. The van der Waals surface area contributed by atoms with Crippen LogP contribution >= 0.6 is 0 Å². The summed E-state index contributed by atoms with van der Waals surface area (Å²) in [6, 6.07) is 8.13. The number of aromatic nitrogens is 1. The third kappa shape index (κ3) is 2.60. The zero-order valence-corrected chi connectivity index (χ0v) is 17.1. The van der Waals surface area contributed by atoms with Crippen molar-refractivity contribution in [1.82, 2.24) is 4.98 Å². The van der Waals surface area contributed by atoms with Crippen LogP contribution in [0.15, 0.2) is 29.3 Å². The van der Waals surface area contributed by atoms with Gasteiger partial charge in [0.2, 0.25) is 0 Å². The number of amides is 1. The summed E-state index contributed by atoms with van der Waals surface area (Å²) < 4.78 is 0. The number of aromatic amines is 1. The summed E-state index contributed by atoms with van der Waals surface area (Å²) in [7, 11) is 0. The smallest absolute Gasteiger partial charge is 0.280 e. The van der Waals surface area contributed by atoms with E-state index < -0.39 is 0 Å². The SMILES string of the molecule is Cc1cc(C2=NC(=O)c3c(-c4cc(C)c(C)c(C)c4)[nH]c(O)c32)cc(C)c1C. The molecule has 2 aromatic carbocycles. The van der Waals surface area contributed by atoms with Crippen molar-refractivity contribution in [3.8, 4) is 17.1 Å². The molecular formula is C24H24N2O2. The molecular weight excluding hydrogens is 348 g/mol. The lowest BCUT2D eigenvalue weighted by Crippen LogP contribution is -2.02. The molecule has 1 aliphatic heterocycles. The number of benzene rings is 2. The van der Waals surface area contributed by atoms with E-state index in [1.165, 1.54) is 11.1 Å². The lowest BCUT2D eigenvalue weighted by Gasteiger charge is -2.09. The number of carbonyl (C=O) groups is 1. The molecule has 4 nitrogen and oxygen atoms in total. The molecule has 0 bridgehead atoms. The number of fused-ring (bicyclic) bond motifs is 1. The van der Waals surface area contributed by atoms with Gasteiger partial charge < -0.3 is 10.1 Å². The fraction of sp³-hybridized carbons (Fsp3) is 0.250. The number of rotatable bonds is 2. The van der Waals surface area contributed by atoms with Gasteiger partial charge in [0.1, 0.15) is 0 Å². The van der Waals surface area contributed by atoms with Crippen molar-refractivity contribution in [3.05, 3.63) is 74.3 Å². The molecule has 4 rings (SSSR count). The molecule has 1 aliphatic rings. The van der Waals surface area contributed by atoms with Crippen molar-refractivity contribution < 1.29 is 9.90 Å². The molecule has 1 amide bonds. The van der Waals surface area contributed by atoms with E-state index in [2.05, 4.69) is 37.7 Å². The van der Waals surface area contributed by atoms with Gasteiger partial charge in [-0.05, 0) is 105 Å². The molecule has 0 atom stereocenters. The topological polar surface area (TPSA) is 65.5 Å². The Hall–Kier alpha value is -3.14. The van der Waals surface area contributed by atoms with Crippen LogP contribution in [0.25, 0.3) is 11.3 Å². The van der Waals surface area contributed by atoms with E-state index in [9.17, 15) is 9.90 Å². The molecule has 0 fully saturated rings. The fourth-order valence-corrected chi connectivity index (χ4v) is 3.92. The zero-order chi connectivity index (χ0) is 20.3. The molecule has 4 heteroatoms. The van der Waals surface area contributed by atoms with Crippen LogP contribution in [0.3, 0.4) is 0 Å². The molecule has 3 aromatic rings. The summed E-state index contributed by atoms with van der Waals surface area (Å²) in [5, 5.41) is 10.7. The molecule has 0 unspecified atom stereocenters. The van der Waals surface area contributed by atoms with Gasteiger partial charge in [-0.25, -0.2) is 4.99 Å². The summed E-state index contributed by atoms with van der Waals surface area (Å²) >= 11 is 0.